The van der Waals surface area contributed by atoms with E-state index in [0.29, 0.717) is 16.9 Å². The molecule has 2 N–H and O–H groups in total. The van der Waals surface area contributed by atoms with Gasteiger partial charge in [0.1, 0.15) is 17.2 Å². The second-order valence-corrected chi connectivity index (χ2v) is 2.93. The number of H-pyrrole nitrogens is 1. The largest absolute Gasteiger partial charge is 0.506 e. The summed E-state index contributed by atoms with van der Waals surface area (Å²) in [6.07, 6.45) is 1.52. The Morgan fingerprint density at radius 3 is 2.64 bits per heavy atom. The van der Waals surface area contributed by atoms with Gasteiger partial charge in [-0.1, -0.05) is 0 Å². The van der Waals surface area contributed by atoms with E-state index in [9.17, 15) is 5.11 Å². The maximum atomic E-state index is 9.53. The summed E-state index contributed by atoms with van der Waals surface area (Å²) in [6, 6.07) is 3.54. The second kappa shape index (κ2) is 3.14. The molecule has 4 heteroatoms. The minimum Gasteiger partial charge on any atom is -0.506 e. The zero-order valence-corrected chi connectivity index (χ0v) is 8.00. The van der Waals surface area contributed by atoms with Crippen LogP contribution in [0, 0.1) is 0 Å². The maximum Gasteiger partial charge on any atom is 0.144 e. The standard InChI is InChI=1S/C10H11NO3/c1-13-6-3-7-10(8(12)5-11-7)9(4-6)14-2/h3-5,11-12H,1-2H3. The van der Waals surface area contributed by atoms with Crippen molar-refractivity contribution in [1.82, 2.24) is 4.98 Å². The summed E-state index contributed by atoms with van der Waals surface area (Å²) in [4.78, 5) is 2.93. The van der Waals surface area contributed by atoms with E-state index >= 15 is 0 Å². The van der Waals surface area contributed by atoms with Crippen LogP contribution in [-0.2, 0) is 0 Å². The number of aromatic hydroxyl groups is 1. The molecular formula is C10H11NO3. The molecular weight excluding hydrogens is 182 g/mol. The van der Waals surface area contributed by atoms with Crippen molar-refractivity contribution in [2.45, 2.75) is 0 Å². The van der Waals surface area contributed by atoms with Gasteiger partial charge >= 0.3 is 0 Å². The zero-order chi connectivity index (χ0) is 10.1. The van der Waals surface area contributed by atoms with E-state index in [1.54, 1.807) is 26.4 Å². The summed E-state index contributed by atoms with van der Waals surface area (Å²) in [6.45, 7) is 0. The molecule has 0 amide bonds. The molecule has 1 heterocycles. The molecule has 4 nitrogen and oxygen atoms in total. The fourth-order valence-electron chi connectivity index (χ4n) is 1.47. The molecule has 0 aliphatic heterocycles. The molecule has 1 aromatic heterocycles. The molecule has 0 aliphatic rings. The number of benzene rings is 1. The van der Waals surface area contributed by atoms with Crippen molar-refractivity contribution in [2.75, 3.05) is 14.2 Å². The van der Waals surface area contributed by atoms with Gasteiger partial charge in [0.05, 0.1) is 25.1 Å². The molecule has 14 heavy (non-hydrogen) atoms. The van der Waals surface area contributed by atoms with Crippen LogP contribution in [0.25, 0.3) is 10.9 Å². The van der Waals surface area contributed by atoms with Crippen molar-refractivity contribution in [3.8, 4) is 17.2 Å². The van der Waals surface area contributed by atoms with Gasteiger partial charge in [-0.15, -0.1) is 0 Å². The van der Waals surface area contributed by atoms with Crippen molar-refractivity contribution in [2.24, 2.45) is 0 Å². The predicted molar refractivity (Wildman–Crippen MR) is 53.1 cm³/mol. The van der Waals surface area contributed by atoms with E-state index in [-0.39, 0.29) is 5.75 Å². The van der Waals surface area contributed by atoms with Gasteiger partial charge in [0.2, 0.25) is 0 Å². The number of hydrogen-bond donors (Lipinski definition) is 2. The Bertz CT molecular complexity index is 462. The Morgan fingerprint density at radius 2 is 2.00 bits per heavy atom. The lowest BCUT2D eigenvalue weighted by molar-refractivity contribution is 0.396. The van der Waals surface area contributed by atoms with Gasteiger partial charge in [-0.3, -0.25) is 0 Å². The minimum atomic E-state index is 0.180. The first-order chi connectivity index (χ1) is 6.76. The first-order valence-electron chi connectivity index (χ1n) is 4.18. The van der Waals surface area contributed by atoms with E-state index in [4.69, 9.17) is 9.47 Å². The maximum absolute atomic E-state index is 9.53. The lowest BCUT2D eigenvalue weighted by atomic mass is 10.2. The normalized spacial score (nSPS) is 10.4. The molecule has 74 valence electrons. The summed E-state index contributed by atoms with van der Waals surface area (Å²) in [5, 5.41) is 10.2. The molecule has 2 aromatic rings. The summed E-state index contributed by atoms with van der Waals surface area (Å²) < 4.78 is 10.2. The number of fused-ring (bicyclic) bond motifs is 1. The molecule has 0 saturated carbocycles. The van der Waals surface area contributed by atoms with Crippen LogP contribution in [0.1, 0.15) is 0 Å². The second-order valence-electron chi connectivity index (χ2n) is 2.93. The van der Waals surface area contributed by atoms with Crippen molar-refractivity contribution in [3.63, 3.8) is 0 Å². The van der Waals surface area contributed by atoms with Crippen LogP contribution in [0.5, 0.6) is 17.2 Å². The molecule has 2 rings (SSSR count). The number of hydrogen-bond acceptors (Lipinski definition) is 3. The number of aromatic nitrogens is 1. The van der Waals surface area contributed by atoms with Gasteiger partial charge in [-0.05, 0) is 0 Å². The van der Waals surface area contributed by atoms with E-state index < -0.39 is 0 Å². The quantitative estimate of drug-likeness (QED) is 0.765. The zero-order valence-electron chi connectivity index (χ0n) is 8.00. The van der Waals surface area contributed by atoms with Gasteiger partial charge in [-0.2, -0.15) is 0 Å². The molecule has 0 fully saturated rings. The Kier molecular flexibility index (Phi) is 1.96. The predicted octanol–water partition coefficient (Wildman–Crippen LogP) is 1.89. The highest BCUT2D eigenvalue weighted by atomic mass is 16.5. The van der Waals surface area contributed by atoms with E-state index in [0.717, 1.165) is 5.52 Å². The van der Waals surface area contributed by atoms with E-state index in [1.807, 2.05) is 0 Å². The smallest absolute Gasteiger partial charge is 0.144 e. The Hall–Kier alpha value is -1.84. The van der Waals surface area contributed by atoms with Gasteiger partial charge in [0, 0.05) is 18.3 Å². The lowest BCUT2D eigenvalue weighted by Gasteiger charge is -2.05. The molecule has 0 atom stereocenters. The van der Waals surface area contributed by atoms with Crippen molar-refractivity contribution in [1.29, 1.82) is 0 Å². The van der Waals surface area contributed by atoms with Crippen LogP contribution in [0.15, 0.2) is 18.3 Å². The highest BCUT2D eigenvalue weighted by molar-refractivity contribution is 5.92. The Morgan fingerprint density at radius 1 is 1.21 bits per heavy atom. The first kappa shape index (κ1) is 8.74. The molecule has 0 bridgehead atoms. The average molecular weight is 193 g/mol. The van der Waals surface area contributed by atoms with E-state index in [1.165, 1.54) is 6.20 Å². The summed E-state index contributed by atoms with van der Waals surface area (Å²) in [7, 11) is 3.14. The van der Waals surface area contributed by atoms with E-state index in [2.05, 4.69) is 4.98 Å². The Balaban J connectivity index is 2.76. The van der Waals surface area contributed by atoms with Crippen molar-refractivity contribution < 1.29 is 14.6 Å². The highest BCUT2D eigenvalue weighted by Gasteiger charge is 2.10. The summed E-state index contributed by atoms with van der Waals surface area (Å²) in [5.74, 6) is 1.47. The van der Waals surface area contributed by atoms with Crippen LogP contribution in [0.3, 0.4) is 0 Å². The molecule has 0 radical (unpaired) electrons. The Labute approximate surface area is 81.1 Å². The van der Waals surface area contributed by atoms with Crippen LogP contribution in [0.2, 0.25) is 0 Å². The third-order valence-electron chi connectivity index (χ3n) is 2.15. The average Bonchev–Trinajstić information content (AvgIpc) is 2.59. The fourth-order valence-corrected chi connectivity index (χ4v) is 1.47. The monoisotopic (exact) mass is 193 g/mol. The molecule has 0 aliphatic carbocycles. The molecule has 0 spiro atoms. The van der Waals surface area contributed by atoms with Crippen LogP contribution < -0.4 is 9.47 Å². The third-order valence-corrected chi connectivity index (χ3v) is 2.15. The third kappa shape index (κ3) is 1.16. The summed E-state index contributed by atoms with van der Waals surface area (Å²) >= 11 is 0. The van der Waals surface area contributed by atoms with Gasteiger partial charge in [0.25, 0.3) is 0 Å². The van der Waals surface area contributed by atoms with Crippen molar-refractivity contribution >= 4 is 10.9 Å². The lowest BCUT2D eigenvalue weighted by Crippen LogP contribution is -1.87. The molecule has 1 aromatic carbocycles. The van der Waals surface area contributed by atoms with Crippen LogP contribution in [-0.4, -0.2) is 24.3 Å². The number of methoxy groups -OCH3 is 2. The number of ether oxygens (including phenoxy) is 2. The number of nitrogens with one attached hydrogen (secondary N) is 1. The summed E-state index contributed by atoms with van der Waals surface area (Å²) in [5.41, 5.74) is 0.790. The number of aromatic amines is 1. The molecule has 0 saturated heterocycles. The minimum absolute atomic E-state index is 0.180. The van der Waals surface area contributed by atoms with Gasteiger partial charge in [-0.25, -0.2) is 0 Å². The highest BCUT2D eigenvalue weighted by Crippen LogP contribution is 2.36. The number of rotatable bonds is 2. The SMILES string of the molecule is COc1cc(OC)c2c(O)c[nH]c2c1. The molecule has 0 unspecified atom stereocenters. The van der Waals surface area contributed by atoms with Crippen molar-refractivity contribution in [3.05, 3.63) is 18.3 Å². The van der Waals surface area contributed by atoms with Gasteiger partial charge < -0.3 is 19.6 Å². The van der Waals surface area contributed by atoms with Crippen LogP contribution in [0.4, 0.5) is 0 Å². The fraction of sp³-hybridized carbons (Fsp3) is 0.200. The topological polar surface area (TPSA) is 54.5 Å². The first-order valence-corrected chi connectivity index (χ1v) is 4.18. The van der Waals surface area contributed by atoms with Crippen LogP contribution >= 0.6 is 0 Å². The van der Waals surface area contributed by atoms with Gasteiger partial charge in [0.15, 0.2) is 0 Å².